The number of hydrogen-bond donors (Lipinski definition) is 4. The van der Waals surface area contributed by atoms with E-state index in [9.17, 15) is 19.6 Å². The van der Waals surface area contributed by atoms with E-state index in [-0.39, 0.29) is 40.1 Å². The van der Waals surface area contributed by atoms with Crippen LogP contribution >= 0.6 is 18.2 Å². The van der Waals surface area contributed by atoms with Gasteiger partial charge in [-0.15, -0.1) is 0 Å². The summed E-state index contributed by atoms with van der Waals surface area (Å²) in [6.07, 6.45) is 0.100. The van der Waals surface area contributed by atoms with Crippen LogP contribution in [-0.4, -0.2) is 25.8 Å². The molecule has 0 bridgehead atoms. The summed E-state index contributed by atoms with van der Waals surface area (Å²) in [5.74, 6) is -0.507. The number of phenolic OH excluding ortho intramolecular Hbond substituents is 2. The average molecular weight is 368 g/mol. The van der Waals surface area contributed by atoms with Gasteiger partial charge in [0.2, 0.25) is 0 Å². The number of phenols is 2. The highest BCUT2D eigenvalue weighted by Gasteiger charge is 2.22. The molecule has 0 amide bonds. The van der Waals surface area contributed by atoms with Gasteiger partial charge >= 0.3 is 6.80 Å². The minimum absolute atomic E-state index is 0.0777. The maximum atomic E-state index is 12.5. The van der Waals surface area contributed by atoms with Crippen molar-refractivity contribution in [2.45, 2.75) is 24.2 Å². The average Bonchev–Trinajstić information content (AvgIpc) is 2.48. The molecular weight excluding hydrogens is 351 g/mol. The van der Waals surface area contributed by atoms with Crippen LogP contribution in [0, 0.1) is 0 Å². The van der Waals surface area contributed by atoms with Crippen molar-refractivity contribution >= 4 is 24.0 Å². The van der Waals surface area contributed by atoms with Crippen LogP contribution in [0.5, 0.6) is 11.5 Å². The molecule has 0 fully saturated rings. The maximum absolute atomic E-state index is 12.5. The van der Waals surface area contributed by atoms with E-state index in [4.69, 9.17) is 9.79 Å². The molecule has 0 saturated heterocycles. The van der Waals surface area contributed by atoms with E-state index in [0.717, 1.165) is 5.56 Å². The van der Waals surface area contributed by atoms with Gasteiger partial charge < -0.3 is 20.0 Å². The molecule has 24 heavy (non-hydrogen) atoms. The molecule has 1 atom stereocenters. The largest absolute Gasteiger partial charge is 0.508 e. The zero-order chi connectivity index (χ0) is 17.9. The highest BCUT2D eigenvalue weighted by atomic mass is 32.7. The van der Waals surface area contributed by atoms with Crippen LogP contribution in [0.2, 0.25) is 0 Å². The second-order valence-electron chi connectivity index (χ2n) is 5.38. The normalized spacial score (nSPS) is 12.8. The summed E-state index contributed by atoms with van der Waals surface area (Å²) >= 11 is 0.291. The van der Waals surface area contributed by atoms with E-state index >= 15 is 0 Å². The minimum atomic E-state index is -4.41. The molecule has 6 nitrogen and oxygen atoms in total. The maximum Gasteiger partial charge on any atom is 0.388 e. The van der Waals surface area contributed by atoms with E-state index in [1.54, 1.807) is 12.1 Å². The fraction of sp³-hybridized carbons (Fsp3) is 0.188. The Balaban J connectivity index is 2.24. The molecule has 2 aromatic carbocycles. The van der Waals surface area contributed by atoms with Crippen LogP contribution in [0.1, 0.15) is 35.2 Å². The molecule has 128 valence electrons. The first-order chi connectivity index (χ1) is 11.2. The van der Waals surface area contributed by atoms with Gasteiger partial charge in [0.15, 0.2) is 5.78 Å². The van der Waals surface area contributed by atoms with Crippen molar-refractivity contribution in [3.63, 3.8) is 0 Å². The Labute approximate surface area is 143 Å². The predicted molar refractivity (Wildman–Crippen MR) is 91.5 cm³/mol. The highest BCUT2D eigenvalue weighted by Crippen LogP contribution is 2.55. The van der Waals surface area contributed by atoms with Gasteiger partial charge in [0.25, 0.3) is 0 Å². The lowest BCUT2D eigenvalue weighted by Gasteiger charge is -2.14. The lowest BCUT2D eigenvalue weighted by molar-refractivity contribution is 0.0972. The zero-order valence-electron chi connectivity index (χ0n) is 12.8. The number of Topliss-reactive ketones (excluding diaryl/α,β-unsaturated/α-hetero) is 1. The number of benzene rings is 2. The zero-order valence-corrected chi connectivity index (χ0v) is 14.5. The van der Waals surface area contributed by atoms with Gasteiger partial charge in [0.1, 0.15) is 11.5 Å². The molecule has 2 aromatic rings. The summed E-state index contributed by atoms with van der Waals surface area (Å²) in [4.78, 5) is 30.9. The van der Waals surface area contributed by atoms with E-state index in [0.29, 0.717) is 11.4 Å². The third kappa shape index (κ3) is 5.11. The Morgan fingerprint density at radius 3 is 2.25 bits per heavy atom. The molecule has 4 N–H and O–H groups in total. The molecule has 0 aliphatic rings. The molecule has 8 heteroatoms. The molecule has 0 saturated carbocycles. The monoisotopic (exact) mass is 368 g/mol. The number of rotatable bonds is 6. The van der Waals surface area contributed by atoms with E-state index in [1.807, 2.05) is 6.92 Å². The minimum Gasteiger partial charge on any atom is -0.508 e. The Bertz CT molecular complexity index is 784. The van der Waals surface area contributed by atoms with Crippen molar-refractivity contribution in [1.82, 2.24) is 0 Å². The van der Waals surface area contributed by atoms with Gasteiger partial charge in [0, 0.05) is 16.9 Å². The molecule has 0 aliphatic carbocycles. The summed E-state index contributed by atoms with van der Waals surface area (Å²) in [6.45, 7) is -2.58. The lowest BCUT2D eigenvalue weighted by Crippen LogP contribution is -2.06. The van der Waals surface area contributed by atoms with Crippen molar-refractivity contribution < 1.29 is 29.4 Å². The van der Waals surface area contributed by atoms with Crippen molar-refractivity contribution in [3.05, 3.63) is 53.6 Å². The third-order valence-electron chi connectivity index (χ3n) is 3.43. The molecule has 0 radical (unpaired) electrons. The Morgan fingerprint density at radius 2 is 1.67 bits per heavy atom. The van der Waals surface area contributed by atoms with Crippen molar-refractivity contribution in [2.24, 2.45) is 0 Å². The summed E-state index contributed by atoms with van der Waals surface area (Å²) in [6, 6.07) is 10.3. The van der Waals surface area contributed by atoms with Crippen LogP contribution in [0.15, 0.2) is 47.4 Å². The molecule has 2 rings (SSSR count). The molecule has 0 spiro atoms. The molecule has 0 aromatic heterocycles. The van der Waals surface area contributed by atoms with Crippen LogP contribution in [0.3, 0.4) is 0 Å². The van der Waals surface area contributed by atoms with Crippen molar-refractivity contribution in [2.75, 3.05) is 0 Å². The first-order valence-electron chi connectivity index (χ1n) is 7.06. The molecule has 0 aliphatic heterocycles. The number of ketones is 1. The Kier molecular flexibility index (Phi) is 5.72. The van der Waals surface area contributed by atoms with Gasteiger partial charge in [-0.3, -0.25) is 4.79 Å². The van der Waals surface area contributed by atoms with Gasteiger partial charge in [-0.05, 0) is 53.2 Å². The van der Waals surface area contributed by atoms with Crippen LogP contribution < -0.4 is 0 Å². The summed E-state index contributed by atoms with van der Waals surface area (Å²) in [5, 5.41) is 18.9. The van der Waals surface area contributed by atoms with Crippen LogP contribution in [0.4, 0.5) is 0 Å². The second-order valence-corrected chi connectivity index (χ2v) is 8.96. The van der Waals surface area contributed by atoms with Gasteiger partial charge in [-0.25, -0.2) is 4.57 Å². The Morgan fingerprint density at radius 1 is 1.08 bits per heavy atom. The fourth-order valence-electron chi connectivity index (χ4n) is 2.25. The van der Waals surface area contributed by atoms with Crippen LogP contribution in [0.25, 0.3) is 0 Å². The number of carbonyl (C=O) groups is 1. The van der Waals surface area contributed by atoms with Crippen molar-refractivity contribution in [1.29, 1.82) is 0 Å². The highest BCUT2D eigenvalue weighted by molar-refractivity contribution is 8.54. The first kappa shape index (κ1) is 18.5. The molecule has 0 heterocycles. The Hall–Kier alpha value is -1.79. The van der Waals surface area contributed by atoms with E-state index in [2.05, 4.69) is 0 Å². The smallest absolute Gasteiger partial charge is 0.388 e. The molecular formula is C16H17O6PS. The standard InChI is InChI=1S/C16H17O6PS/c1-10(11-2-4-12(17)5-3-11)8-15(19)14-9-13(18)6-7-16(14)24-23(20,21)22/h2-7,9-10,17-18H,8H2,1H3,(H2,20,21,22). The molecule has 1 unspecified atom stereocenters. The van der Waals surface area contributed by atoms with Gasteiger partial charge in [-0.2, -0.15) is 0 Å². The second kappa shape index (κ2) is 7.40. The number of hydrogen-bond acceptors (Lipinski definition) is 5. The summed E-state index contributed by atoms with van der Waals surface area (Å²) in [5.41, 5.74) is 0.930. The SMILES string of the molecule is CC(CC(=O)c1cc(O)ccc1SP(=O)(O)O)c1ccc(O)cc1. The topological polar surface area (TPSA) is 115 Å². The fourth-order valence-corrected chi connectivity index (χ4v) is 4.15. The van der Waals surface area contributed by atoms with Gasteiger partial charge in [-0.1, -0.05) is 19.1 Å². The number of aromatic hydroxyl groups is 2. The van der Waals surface area contributed by atoms with Crippen molar-refractivity contribution in [3.8, 4) is 11.5 Å². The quantitative estimate of drug-likeness (QED) is 0.454. The van der Waals surface area contributed by atoms with E-state index < -0.39 is 6.80 Å². The summed E-state index contributed by atoms with van der Waals surface area (Å²) < 4.78 is 11.2. The summed E-state index contributed by atoms with van der Waals surface area (Å²) in [7, 11) is 0. The lowest BCUT2D eigenvalue weighted by atomic mass is 9.93. The number of carbonyl (C=O) groups excluding carboxylic acids is 1. The van der Waals surface area contributed by atoms with E-state index in [1.165, 1.54) is 30.3 Å². The first-order valence-corrected chi connectivity index (χ1v) is 10.1. The van der Waals surface area contributed by atoms with Gasteiger partial charge in [0.05, 0.1) is 0 Å². The third-order valence-corrected chi connectivity index (χ3v) is 5.53. The predicted octanol–water partition coefficient (Wildman–Crippen LogP) is 3.66. The van der Waals surface area contributed by atoms with Crippen LogP contribution in [-0.2, 0) is 4.57 Å².